The van der Waals surface area contributed by atoms with Crippen LogP contribution >= 0.6 is 0 Å². The van der Waals surface area contributed by atoms with E-state index < -0.39 is 5.97 Å². The molecule has 1 aromatic heterocycles. The van der Waals surface area contributed by atoms with Gasteiger partial charge < -0.3 is 10.1 Å². The second-order valence-electron chi connectivity index (χ2n) is 7.19. The fraction of sp³-hybridized carbons (Fsp3) is 0.591. The molecule has 2 rings (SSSR count). The summed E-state index contributed by atoms with van der Waals surface area (Å²) in [5, 5.41) is 10.2. The largest absolute Gasteiger partial charge is 0.478 e. The van der Waals surface area contributed by atoms with E-state index in [9.17, 15) is 4.79 Å². The number of H-pyrrole nitrogens is 1. The highest BCUT2D eigenvalue weighted by atomic mass is 16.4. The molecule has 0 unspecified atom stereocenters. The molecule has 1 aromatic carbocycles. The van der Waals surface area contributed by atoms with Gasteiger partial charge in [-0.1, -0.05) is 77.2 Å². The van der Waals surface area contributed by atoms with E-state index in [0.717, 1.165) is 17.3 Å². The van der Waals surface area contributed by atoms with Crippen LogP contribution in [0, 0.1) is 0 Å². The molecule has 0 bridgehead atoms. The van der Waals surface area contributed by atoms with Crippen LogP contribution in [0.25, 0.3) is 10.9 Å². The Morgan fingerprint density at radius 3 is 2.08 bits per heavy atom. The van der Waals surface area contributed by atoms with Gasteiger partial charge in [0.15, 0.2) is 0 Å². The minimum atomic E-state index is -0.872. The molecule has 0 aliphatic rings. The van der Waals surface area contributed by atoms with Crippen molar-refractivity contribution in [3.8, 4) is 0 Å². The predicted octanol–water partition coefficient (Wildman–Crippen LogP) is 6.72. The molecule has 2 N–H and O–H groups in total. The summed E-state index contributed by atoms with van der Waals surface area (Å²) in [5.74, 6) is -0.872. The van der Waals surface area contributed by atoms with Crippen LogP contribution in [-0.2, 0) is 6.42 Å². The van der Waals surface area contributed by atoms with Crippen LogP contribution in [0.15, 0.2) is 24.3 Å². The molecule has 0 radical (unpaired) electrons. The summed E-state index contributed by atoms with van der Waals surface area (Å²) >= 11 is 0. The number of hydrogen-bond donors (Lipinski definition) is 2. The molecular weight excluding hydrogens is 310 g/mol. The molecule has 0 spiro atoms. The van der Waals surface area contributed by atoms with Gasteiger partial charge >= 0.3 is 5.97 Å². The van der Waals surface area contributed by atoms with Crippen molar-refractivity contribution in [2.24, 2.45) is 0 Å². The third-order valence-electron chi connectivity index (χ3n) is 4.97. The topological polar surface area (TPSA) is 53.1 Å². The number of benzene rings is 1. The smallest absolute Gasteiger partial charge is 0.335 e. The number of unbranched alkanes of at least 4 members (excludes halogenated alkanes) is 10. The van der Waals surface area contributed by atoms with Gasteiger partial charge in [-0.05, 0) is 36.4 Å². The average molecular weight is 344 g/mol. The third kappa shape index (κ3) is 6.93. The molecular formula is C22H33NO2. The monoisotopic (exact) mass is 343 g/mol. The molecule has 0 fully saturated rings. The molecule has 3 nitrogen and oxygen atoms in total. The first kappa shape index (κ1) is 19.6. The number of hydrogen-bond acceptors (Lipinski definition) is 1. The summed E-state index contributed by atoms with van der Waals surface area (Å²) in [6, 6.07) is 7.43. The van der Waals surface area contributed by atoms with Gasteiger partial charge in [0.2, 0.25) is 0 Å². The highest BCUT2D eigenvalue weighted by Crippen LogP contribution is 2.19. The van der Waals surface area contributed by atoms with E-state index in [-0.39, 0.29) is 0 Å². The van der Waals surface area contributed by atoms with Gasteiger partial charge in [-0.15, -0.1) is 0 Å². The molecule has 0 saturated carbocycles. The summed E-state index contributed by atoms with van der Waals surface area (Å²) in [6.45, 7) is 2.27. The number of carboxylic acids is 1. The maximum absolute atomic E-state index is 11.0. The lowest BCUT2D eigenvalue weighted by Gasteiger charge is -2.02. The first-order valence-electron chi connectivity index (χ1n) is 10.1. The number of aromatic amines is 1. The molecule has 2 aromatic rings. The summed E-state index contributed by atoms with van der Waals surface area (Å²) in [6.07, 6.45) is 16.0. The molecule has 0 saturated heterocycles. The van der Waals surface area contributed by atoms with E-state index in [4.69, 9.17) is 5.11 Å². The van der Waals surface area contributed by atoms with Crippen molar-refractivity contribution in [1.29, 1.82) is 0 Å². The fourth-order valence-corrected chi connectivity index (χ4v) is 3.43. The first-order chi connectivity index (χ1) is 12.2. The molecule has 1 heterocycles. The Bertz CT molecular complexity index is 645. The second kappa shape index (κ2) is 11.0. The Kier molecular flexibility index (Phi) is 8.58. The Hall–Kier alpha value is -1.77. The number of nitrogens with one attached hydrogen (secondary N) is 1. The number of aromatic nitrogens is 1. The number of fused-ring (bicyclic) bond motifs is 1. The number of aryl methyl sites for hydroxylation is 1. The van der Waals surface area contributed by atoms with Crippen LogP contribution in [0.2, 0.25) is 0 Å². The first-order valence-corrected chi connectivity index (χ1v) is 10.1. The summed E-state index contributed by atoms with van der Waals surface area (Å²) in [5.41, 5.74) is 2.49. The fourth-order valence-electron chi connectivity index (χ4n) is 3.43. The van der Waals surface area contributed by atoms with Crippen molar-refractivity contribution >= 4 is 16.9 Å². The van der Waals surface area contributed by atoms with Gasteiger partial charge in [-0.2, -0.15) is 0 Å². The standard InChI is InChI=1S/C22H33NO2/c1-2-3-4-5-6-7-8-9-10-11-12-13-20-16-18-14-15-19(22(24)25)17-21(18)23-20/h14-17,23H,2-13H2,1H3,(H,24,25). The van der Waals surface area contributed by atoms with Gasteiger partial charge in [0.25, 0.3) is 0 Å². The van der Waals surface area contributed by atoms with Crippen LogP contribution in [-0.4, -0.2) is 16.1 Å². The van der Waals surface area contributed by atoms with E-state index >= 15 is 0 Å². The molecule has 0 atom stereocenters. The van der Waals surface area contributed by atoms with E-state index in [1.54, 1.807) is 12.1 Å². The lowest BCUT2D eigenvalue weighted by atomic mass is 10.0. The van der Waals surface area contributed by atoms with Crippen LogP contribution in [0.4, 0.5) is 0 Å². The van der Waals surface area contributed by atoms with Gasteiger partial charge in [-0.25, -0.2) is 4.79 Å². The van der Waals surface area contributed by atoms with Gasteiger partial charge in [0.1, 0.15) is 0 Å². The van der Waals surface area contributed by atoms with Crippen molar-refractivity contribution in [2.75, 3.05) is 0 Å². The minimum absolute atomic E-state index is 0.343. The van der Waals surface area contributed by atoms with E-state index in [1.807, 2.05) is 6.07 Å². The number of rotatable bonds is 13. The minimum Gasteiger partial charge on any atom is -0.478 e. The lowest BCUT2D eigenvalue weighted by molar-refractivity contribution is 0.0697. The highest BCUT2D eigenvalue weighted by Gasteiger charge is 2.06. The zero-order chi connectivity index (χ0) is 17.9. The van der Waals surface area contributed by atoms with Crippen molar-refractivity contribution < 1.29 is 9.90 Å². The molecule has 138 valence electrons. The Morgan fingerprint density at radius 1 is 0.880 bits per heavy atom. The molecule has 25 heavy (non-hydrogen) atoms. The quantitative estimate of drug-likeness (QED) is 0.397. The van der Waals surface area contributed by atoms with Crippen molar-refractivity contribution in [2.45, 2.75) is 84.0 Å². The zero-order valence-corrected chi connectivity index (χ0v) is 15.7. The average Bonchev–Trinajstić information content (AvgIpc) is 3.01. The molecule has 0 amide bonds. The van der Waals surface area contributed by atoms with E-state index in [1.165, 1.54) is 76.3 Å². The lowest BCUT2D eigenvalue weighted by Crippen LogP contribution is -1.94. The Labute approximate surface area is 151 Å². The van der Waals surface area contributed by atoms with E-state index in [0.29, 0.717) is 5.56 Å². The Morgan fingerprint density at radius 2 is 1.48 bits per heavy atom. The SMILES string of the molecule is CCCCCCCCCCCCCc1cc2ccc(C(=O)O)cc2[nH]1. The summed E-state index contributed by atoms with van der Waals surface area (Å²) in [7, 11) is 0. The highest BCUT2D eigenvalue weighted by molar-refractivity contribution is 5.93. The summed E-state index contributed by atoms with van der Waals surface area (Å²) < 4.78 is 0. The number of carboxylic acid groups (broad SMARTS) is 1. The zero-order valence-electron chi connectivity index (χ0n) is 15.7. The predicted molar refractivity (Wildman–Crippen MR) is 105 cm³/mol. The van der Waals surface area contributed by atoms with Gasteiger partial charge in [0.05, 0.1) is 5.56 Å². The van der Waals surface area contributed by atoms with Gasteiger partial charge in [0, 0.05) is 11.2 Å². The van der Waals surface area contributed by atoms with Crippen LogP contribution in [0.3, 0.4) is 0 Å². The van der Waals surface area contributed by atoms with Crippen molar-refractivity contribution in [3.63, 3.8) is 0 Å². The Balaban J connectivity index is 1.58. The van der Waals surface area contributed by atoms with Crippen LogP contribution in [0.5, 0.6) is 0 Å². The number of aromatic carboxylic acids is 1. The maximum atomic E-state index is 11.0. The molecule has 0 aliphatic heterocycles. The van der Waals surface area contributed by atoms with Crippen molar-refractivity contribution in [3.05, 3.63) is 35.5 Å². The van der Waals surface area contributed by atoms with Crippen LogP contribution in [0.1, 0.15) is 93.6 Å². The van der Waals surface area contributed by atoms with Crippen LogP contribution < -0.4 is 0 Å². The molecule has 3 heteroatoms. The van der Waals surface area contributed by atoms with E-state index in [2.05, 4.69) is 18.0 Å². The number of carbonyl (C=O) groups is 1. The van der Waals surface area contributed by atoms with Crippen molar-refractivity contribution in [1.82, 2.24) is 4.98 Å². The third-order valence-corrected chi connectivity index (χ3v) is 4.97. The normalized spacial score (nSPS) is 11.2. The van der Waals surface area contributed by atoms with Gasteiger partial charge in [-0.3, -0.25) is 0 Å². The summed E-state index contributed by atoms with van der Waals surface area (Å²) in [4.78, 5) is 14.4. The maximum Gasteiger partial charge on any atom is 0.335 e. The second-order valence-corrected chi connectivity index (χ2v) is 7.19. The molecule has 0 aliphatic carbocycles.